The molecule has 3 nitrogen and oxygen atoms in total. The number of aldehydes is 1. The maximum Gasteiger partial charge on any atom is 0.150 e. The lowest BCUT2D eigenvalue weighted by atomic mass is 10.1. The fourth-order valence-electron chi connectivity index (χ4n) is 1.92. The lowest BCUT2D eigenvalue weighted by molar-refractivity contribution is 0.112. The summed E-state index contributed by atoms with van der Waals surface area (Å²) in [6.45, 7) is 4.17. The fraction of sp³-hybridized carbons (Fsp3) is 0.500. The first-order valence-corrected chi connectivity index (χ1v) is 5.96. The van der Waals surface area contributed by atoms with Crippen molar-refractivity contribution in [2.24, 2.45) is 0 Å². The summed E-state index contributed by atoms with van der Waals surface area (Å²) in [5.41, 5.74) is 3.10. The molecule has 0 heterocycles. The largest absolute Gasteiger partial charge is 0.374 e. The van der Waals surface area contributed by atoms with Gasteiger partial charge in [-0.05, 0) is 57.7 Å². The molecular formula is C14H22N2O. The molecule has 0 amide bonds. The van der Waals surface area contributed by atoms with Crippen LogP contribution in [0.4, 0.5) is 5.69 Å². The number of nitrogens with zero attached hydrogens (tertiary/aromatic N) is 2. The van der Waals surface area contributed by atoms with Crippen LogP contribution in [0.25, 0.3) is 0 Å². The molecule has 0 radical (unpaired) electrons. The Kier molecular flexibility index (Phi) is 5.16. The molecule has 0 N–H and O–H groups in total. The van der Waals surface area contributed by atoms with Crippen molar-refractivity contribution in [3.05, 3.63) is 29.3 Å². The first kappa shape index (κ1) is 13.7. The number of carbonyl (C=O) groups excluding carboxylic acids is 1. The summed E-state index contributed by atoms with van der Waals surface area (Å²) in [5, 5.41) is 0. The van der Waals surface area contributed by atoms with Gasteiger partial charge in [-0.25, -0.2) is 0 Å². The van der Waals surface area contributed by atoms with Gasteiger partial charge in [0.25, 0.3) is 0 Å². The molecule has 17 heavy (non-hydrogen) atoms. The Morgan fingerprint density at radius 3 is 2.41 bits per heavy atom. The maximum atomic E-state index is 10.7. The van der Waals surface area contributed by atoms with Gasteiger partial charge in [-0.1, -0.05) is 0 Å². The summed E-state index contributed by atoms with van der Waals surface area (Å²) in [5.74, 6) is 0. The normalized spacial score (nSPS) is 10.6. The summed E-state index contributed by atoms with van der Waals surface area (Å²) in [6.07, 6.45) is 2.03. The van der Waals surface area contributed by atoms with Crippen molar-refractivity contribution in [1.29, 1.82) is 0 Å². The van der Waals surface area contributed by atoms with Crippen LogP contribution in [0, 0.1) is 6.92 Å². The molecule has 0 bridgehead atoms. The van der Waals surface area contributed by atoms with Crippen LogP contribution in [-0.2, 0) is 0 Å². The minimum atomic E-state index is 0.743. The van der Waals surface area contributed by atoms with Crippen LogP contribution in [-0.4, -0.2) is 45.4 Å². The van der Waals surface area contributed by atoms with E-state index in [1.54, 1.807) is 0 Å². The zero-order valence-electron chi connectivity index (χ0n) is 11.2. The van der Waals surface area contributed by atoms with Gasteiger partial charge in [0.2, 0.25) is 0 Å². The van der Waals surface area contributed by atoms with E-state index in [1.165, 1.54) is 5.69 Å². The average Bonchev–Trinajstić information content (AvgIpc) is 2.28. The van der Waals surface area contributed by atoms with Crippen molar-refractivity contribution < 1.29 is 4.79 Å². The van der Waals surface area contributed by atoms with Gasteiger partial charge in [-0.15, -0.1) is 0 Å². The third-order valence-corrected chi connectivity index (χ3v) is 2.87. The molecule has 0 aliphatic rings. The lowest BCUT2D eigenvalue weighted by Gasteiger charge is -2.22. The molecule has 0 spiro atoms. The number of rotatable bonds is 6. The average molecular weight is 234 g/mol. The standard InChI is InChI=1S/C14H22N2O/c1-12-10-13(11-17)6-7-14(12)16(4)9-5-8-15(2)3/h6-7,10-11H,5,8-9H2,1-4H3. The Hall–Kier alpha value is -1.35. The molecule has 0 saturated carbocycles. The number of benzene rings is 1. The number of hydrogen-bond donors (Lipinski definition) is 0. The minimum absolute atomic E-state index is 0.743. The van der Waals surface area contributed by atoms with Crippen LogP contribution in [0.2, 0.25) is 0 Å². The van der Waals surface area contributed by atoms with E-state index < -0.39 is 0 Å². The van der Waals surface area contributed by atoms with E-state index in [9.17, 15) is 4.79 Å². The highest BCUT2D eigenvalue weighted by atomic mass is 16.1. The van der Waals surface area contributed by atoms with E-state index in [1.807, 2.05) is 25.1 Å². The highest BCUT2D eigenvalue weighted by Crippen LogP contribution is 2.19. The van der Waals surface area contributed by atoms with Crippen LogP contribution in [0.15, 0.2) is 18.2 Å². The molecule has 0 aromatic heterocycles. The molecule has 0 atom stereocenters. The van der Waals surface area contributed by atoms with Gasteiger partial charge in [-0.2, -0.15) is 0 Å². The highest BCUT2D eigenvalue weighted by molar-refractivity contribution is 5.76. The van der Waals surface area contributed by atoms with Gasteiger partial charge in [0.1, 0.15) is 6.29 Å². The second-order valence-electron chi connectivity index (χ2n) is 4.74. The van der Waals surface area contributed by atoms with Gasteiger partial charge >= 0.3 is 0 Å². The molecule has 0 aliphatic carbocycles. The van der Waals surface area contributed by atoms with E-state index in [4.69, 9.17) is 0 Å². The number of anilines is 1. The van der Waals surface area contributed by atoms with Gasteiger partial charge in [-0.3, -0.25) is 4.79 Å². The van der Waals surface area contributed by atoms with Crippen LogP contribution < -0.4 is 4.90 Å². The van der Waals surface area contributed by atoms with E-state index in [0.29, 0.717) is 0 Å². The summed E-state index contributed by atoms with van der Waals surface area (Å²) >= 11 is 0. The minimum Gasteiger partial charge on any atom is -0.374 e. The zero-order valence-corrected chi connectivity index (χ0v) is 11.2. The van der Waals surface area contributed by atoms with Crippen LogP contribution in [0.3, 0.4) is 0 Å². The van der Waals surface area contributed by atoms with Crippen molar-refractivity contribution in [3.63, 3.8) is 0 Å². The van der Waals surface area contributed by atoms with E-state index in [-0.39, 0.29) is 0 Å². The highest BCUT2D eigenvalue weighted by Gasteiger charge is 2.05. The second-order valence-corrected chi connectivity index (χ2v) is 4.74. The van der Waals surface area contributed by atoms with Gasteiger partial charge in [0.05, 0.1) is 0 Å². The van der Waals surface area contributed by atoms with Crippen LogP contribution in [0.1, 0.15) is 22.3 Å². The Bertz CT molecular complexity index is 374. The third-order valence-electron chi connectivity index (χ3n) is 2.87. The summed E-state index contributed by atoms with van der Waals surface area (Å²) < 4.78 is 0. The number of aryl methyl sites for hydroxylation is 1. The Morgan fingerprint density at radius 1 is 1.18 bits per heavy atom. The first-order valence-electron chi connectivity index (χ1n) is 5.96. The SMILES string of the molecule is Cc1cc(C=O)ccc1N(C)CCCN(C)C. The topological polar surface area (TPSA) is 23.6 Å². The molecule has 0 saturated heterocycles. The number of carbonyl (C=O) groups is 1. The van der Waals surface area contributed by atoms with Crippen molar-refractivity contribution in [3.8, 4) is 0 Å². The molecule has 0 aliphatic heterocycles. The van der Waals surface area contributed by atoms with Gasteiger partial charge < -0.3 is 9.80 Å². The van der Waals surface area contributed by atoms with Crippen LogP contribution in [0.5, 0.6) is 0 Å². The molecule has 0 unspecified atom stereocenters. The van der Waals surface area contributed by atoms with Gasteiger partial charge in [0, 0.05) is 24.8 Å². The van der Waals surface area contributed by atoms with E-state index in [2.05, 4.69) is 30.9 Å². The zero-order chi connectivity index (χ0) is 12.8. The van der Waals surface area contributed by atoms with E-state index >= 15 is 0 Å². The molecule has 1 aromatic carbocycles. The van der Waals surface area contributed by atoms with Crippen molar-refractivity contribution in [2.45, 2.75) is 13.3 Å². The maximum absolute atomic E-state index is 10.7. The first-order chi connectivity index (χ1) is 8.04. The lowest BCUT2D eigenvalue weighted by Crippen LogP contribution is -2.23. The van der Waals surface area contributed by atoms with E-state index in [0.717, 1.165) is 36.9 Å². The molecule has 1 rings (SSSR count). The van der Waals surface area contributed by atoms with Crippen molar-refractivity contribution >= 4 is 12.0 Å². The number of hydrogen-bond acceptors (Lipinski definition) is 3. The quantitative estimate of drug-likeness (QED) is 0.705. The van der Waals surface area contributed by atoms with Crippen LogP contribution >= 0.6 is 0 Å². The summed E-state index contributed by atoms with van der Waals surface area (Å²) in [6, 6.07) is 5.83. The Morgan fingerprint density at radius 2 is 1.88 bits per heavy atom. The third kappa shape index (κ3) is 4.19. The molecular weight excluding hydrogens is 212 g/mol. The fourth-order valence-corrected chi connectivity index (χ4v) is 1.92. The molecule has 94 valence electrons. The molecule has 1 aromatic rings. The predicted molar refractivity (Wildman–Crippen MR) is 73.0 cm³/mol. The Labute approximate surface area is 104 Å². The molecule has 0 fully saturated rings. The summed E-state index contributed by atoms with van der Waals surface area (Å²) in [7, 11) is 6.27. The second kappa shape index (κ2) is 6.40. The predicted octanol–water partition coefficient (Wildman–Crippen LogP) is 2.20. The van der Waals surface area contributed by atoms with Crippen molar-refractivity contribution in [2.75, 3.05) is 39.1 Å². The monoisotopic (exact) mass is 234 g/mol. The van der Waals surface area contributed by atoms with Crippen molar-refractivity contribution in [1.82, 2.24) is 4.90 Å². The summed E-state index contributed by atoms with van der Waals surface area (Å²) in [4.78, 5) is 15.1. The smallest absolute Gasteiger partial charge is 0.150 e. The van der Waals surface area contributed by atoms with Gasteiger partial charge in [0.15, 0.2) is 0 Å². The Balaban J connectivity index is 2.62. The molecule has 3 heteroatoms.